The van der Waals surface area contributed by atoms with Crippen LogP contribution in [-0.4, -0.2) is 84.4 Å². The summed E-state index contributed by atoms with van der Waals surface area (Å²) in [5.74, 6) is -1.88. The number of aromatic amines is 1. The molecule has 2 saturated carbocycles. The number of piperazine rings is 1. The molecule has 3 aromatic rings. The van der Waals surface area contributed by atoms with Gasteiger partial charge < -0.3 is 30.4 Å². The molecule has 4 N–H and O–H groups in total. The topological polar surface area (TPSA) is 174 Å². The Labute approximate surface area is 255 Å². The zero-order valence-electron chi connectivity index (χ0n) is 24.1. The second kappa shape index (κ2) is 12.5. The Kier molecular flexibility index (Phi) is 8.93. The van der Waals surface area contributed by atoms with E-state index in [1.165, 1.54) is 6.20 Å². The number of sulfonamides is 1. The monoisotopic (exact) mass is 652 g/mol. The van der Waals surface area contributed by atoms with E-state index in [1.807, 2.05) is 18.2 Å². The average Bonchev–Trinajstić information content (AvgIpc) is 3.90. The third-order valence-corrected chi connectivity index (χ3v) is 9.92. The van der Waals surface area contributed by atoms with Crippen LogP contribution in [0.25, 0.3) is 10.9 Å². The fraction of sp³-hybridized carbons (Fsp3) is 0.429. The predicted molar refractivity (Wildman–Crippen MR) is 159 cm³/mol. The van der Waals surface area contributed by atoms with Crippen LogP contribution in [0, 0.1) is 5.92 Å². The number of hydrogen-bond donors (Lipinski definition) is 4. The first-order valence-electron chi connectivity index (χ1n) is 14.1. The molecule has 3 heterocycles. The van der Waals surface area contributed by atoms with Crippen molar-refractivity contribution in [2.45, 2.75) is 37.1 Å². The molecule has 3 aliphatic rings. The first-order valence-corrected chi connectivity index (χ1v) is 15.6. The van der Waals surface area contributed by atoms with E-state index in [0.29, 0.717) is 60.0 Å². The summed E-state index contributed by atoms with van der Waals surface area (Å²) in [6.07, 6.45) is -0.312. The number of fused-ring (bicyclic) bond motifs is 1. The maximum absolute atomic E-state index is 12.8. The molecule has 0 radical (unpaired) electrons. The minimum absolute atomic E-state index is 0.0135. The van der Waals surface area contributed by atoms with E-state index < -0.39 is 22.2 Å². The molecule has 0 atom stereocenters. The first-order chi connectivity index (χ1) is 21.3. The number of aromatic nitrogens is 2. The molecule has 1 amide bonds. The molecule has 2 aliphatic carbocycles. The highest BCUT2D eigenvalue weighted by atomic mass is 32.2. The summed E-state index contributed by atoms with van der Waals surface area (Å²) in [6, 6.07) is 9.02. The lowest BCUT2D eigenvalue weighted by Crippen LogP contribution is -2.49. The van der Waals surface area contributed by atoms with Gasteiger partial charge in [-0.2, -0.15) is 17.5 Å². The molecule has 0 bridgehead atoms. The highest BCUT2D eigenvalue weighted by Crippen LogP contribution is 2.40. The van der Waals surface area contributed by atoms with Gasteiger partial charge in [-0.1, -0.05) is 6.07 Å². The van der Waals surface area contributed by atoms with Crippen molar-refractivity contribution in [2.75, 3.05) is 48.8 Å². The molecule has 0 spiro atoms. The number of nitrogens with zero attached hydrogens (tertiary/aromatic N) is 3. The number of methoxy groups -OCH3 is 1. The molecule has 45 heavy (non-hydrogen) atoms. The van der Waals surface area contributed by atoms with E-state index >= 15 is 0 Å². The smallest absolute Gasteiger partial charge is 0.490 e. The van der Waals surface area contributed by atoms with Crippen LogP contribution in [0.1, 0.15) is 25.7 Å². The minimum Gasteiger partial charge on any atom is -0.492 e. The lowest BCUT2D eigenvalue weighted by molar-refractivity contribution is -0.192. The number of aliphatic carboxylic acids is 1. The van der Waals surface area contributed by atoms with Crippen molar-refractivity contribution in [3.63, 3.8) is 0 Å². The number of halogens is 3. The number of amides is 1. The number of carboxylic acids is 1. The predicted octanol–water partition coefficient (Wildman–Crippen LogP) is 3.27. The van der Waals surface area contributed by atoms with Crippen molar-refractivity contribution in [2.24, 2.45) is 5.92 Å². The van der Waals surface area contributed by atoms with E-state index in [1.54, 1.807) is 23.5 Å². The summed E-state index contributed by atoms with van der Waals surface area (Å²) in [5, 5.41) is 13.5. The van der Waals surface area contributed by atoms with Crippen LogP contribution < -0.4 is 25.8 Å². The number of alkyl halides is 3. The van der Waals surface area contributed by atoms with E-state index in [2.05, 4.69) is 25.5 Å². The molecule has 0 unspecified atom stereocenters. The minimum atomic E-state index is -5.08. The van der Waals surface area contributed by atoms with Crippen molar-refractivity contribution in [3.8, 4) is 5.75 Å². The molecule has 242 valence electrons. The molecule has 3 fully saturated rings. The van der Waals surface area contributed by atoms with Gasteiger partial charge in [-0.25, -0.2) is 18.2 Å². The summed E-state index contributed by atoms with van der Waals surface area (Å²) in [5.41, 5.74) is 2.09. The molecular weight excluding hydrogens is 621 g/mol. The van der Waals surface area contributed by atoms with E-state index in [0.717, 1.165) is 31.4 Å². The fourth-order valence-corrected chi connectivity index (χ4v) is 6.75. The first kappa shape index (κ1) is 32.0. The van der Waals surface area contributed by atoms with Gasteiger partial charge >= 0.3 is 12.1 Å². The molecule has 6 rings (SSSR count). The van der Waals surface area contributed by atoms with Crippen molar-refractivity contribution >= 4 is 55.7 Å². The highest BCUT2D eigenvalue weighted by molar-refractivity contribution is 7.90. The number of carbonyl (C=O) groups is 2. The summed E-state index contributed by atoms with van der Waals surface area (Å²) >= 11 is 0. The van der Waals surface area contributed by atoms with E-state index in [4.69, 9.17) is 14.6 Å². The number of nitrogens with one attached hydrogen (secondary N) is 3. The van der Waals surface area contributed by atoms with Gasteiger partial charge in [0.1, 0.15) is 5.82 Å². The molecule has 1 saturated heterocycles. The van der Waals surface area contributed by atoms with Crippen LogP contribution in [0.3, 0.4) is 0 Å². The van der Waals surface area contributed by atoms with Crippen molar-refractivity contribution in [1.82, 2.24) is 14.3 Å². The van der Waals surface area contributed by atoms with Crippen LogP contribution in [0.5, 0.6) is 5.75 Å². The molecule has 1 aliphatic heterocycles. The largest absolute Gasteiger partial charge is 0.492 e. The summed E-state index contributed by atoms with van der Waals surface area (Å²) in [6.45, 7) is 1.93. The third-order valence-electron chi connectivity index (χ3n) is 7.52. The Morgan fingerprint density at radius 2 is 1.73 bits per heavy atom. The average molecular weight is 653 g/mol. The maximum Gasteiger partial charge on any atom is 0.490 e. The number of para-hydroxylation sites is 1. The normalized spacial score (nSPS) is 17.3. The summed E-state index contributed by atoms with van der Waals surface area (Å²) < 4.78 is 64.5. The Balaban J connectivity index is 0.000000515. The van der Waals surface area contributed by atoms with Gasteiger partial charge in [0.25, 0.3) is 5.56 Å². The lowest BCUT2D eigenvalue weighted by atomic mass is 10.1. The summed E-state index contributed by atoms with van der Waals surface area (Å²) in [4.78, 5) is 43.3. The lowest BCUT2D eigenvalue weighted by Gasteiger charge is -2.36. The molecule has 1 aromatic carbocycles. The fourth-order valence-electron chi connectivity index (χ4n) is 4.92. The standard InChI is InChI=1S/C26H30N6O5S.C2HF3O2/c1-37-24-19(3-2-4-21(24)31-11-13-32(14-12-31)38(35,36)17-7-8-17)28-20-15-22(30-25(33)16-5-6-16)29-18-9-10-27-26(34)23(18)20;3-2(4,5)1(6)7/h2-4,9-10,15-17H,5-8,11-14H2,1H3,(H,27,34)(H2,28,29,30,33);(H,6,7). The van der Waals surface area contributed by atoms with Gasteiger partial charge in [0.2, 0.25) is 15.9 Å². The summed E-state index contributed by atoms with van der Waals surface area (Å²) in [7, 11) is -1.62. The zero-order chi connectivity index (χ0) is 32.5. The number of rotatable bonds is 8. The number of hydrogen-bond acceptors (Lipinski definition) is 9. The van der Waals surface area contributed by atoms with Gasteiger partial charge in [-0.15, -0.1) is 0 Å². The zero-order valence-corrected chi connectivity index (χ0v) is 24.9. The second-order valence-corrected chi connectivity index (χ2v) is 13.0. The molecule has 13 nitrogen and oxygen atoms in total. The van der Waals surface area contributed by atoms with Crippen LogP contribution in [0.15, 0.2) is 41.3 Å². The number of anilines is 4. The van der Waals surface area contributed by atoms with Crippen molar-refractivity contribution in [1.29, 1.82) is 0 Å². The Morgan fingerprint density at radius 3 is 2.31 bits per heavy atom. The number of benzene rings is 1. The Morgan fingerprint density at radius 1 is 1.07 bits per heavy atom. The van der Waals surface area contributed by atoms with Crippen molar-refractivity contribution in [3.05, 3.63) is 46.9 Å². The Bertz CT molecular complexity index is 1770. The molecular formula is C28H31F3N6O7S. The van der Waals surface area contributed by atoms with Gasteiger partial charge in [-0.05, 0) is 43.9 Å². The van der Waals surface area contributed by atoms with Crippen LogP contribution >= 0.6 is 0 Å². The van der Waals surface area contributed by atoms with Crippen LogP contribution in [0.2, 0.25) is 0 Å². The van der Waals surface area contributed by atoms with Gasteiger partial charge in [0.15, 0.2) is 5.75 Å². The number of pyridine rings is 2. The molecule has 2 aromatic heterocycles. The molecule has 17 heteroatoms. The third kappa shape index (κ3) is 7.30. The second-order valence-electron chi connectivity index (χ2n) is 10.8. The van der Waals surface area contributed by atoms with E-state index in [-0.39, 0.29) is 22.6 Å². The number of ether oxygens (including phenoxy) is 1. The highest BCUT2D eigenvalue weighted by Gasteiger charge is 2.41. The van der Waals surface area contributed by atoms with Gasteiger partial charge in [0.05, 0.1) is 40.3 Å². The van der Waals surface area contributed by atoms with Gasteiger partial charge in [0, 0.05) is 44.4 Å². The van der Waals surface area contributed by atoms with Crippen LogP contribution in [-0.2, 0) is 19.6 Å². The number of H-pyrrole nitrogens is 1. The van der Waals surface area contributed by atoms with Crippen LogP contribution in [0.4, 0.5) is 36.1 Å². The maximum atomic E-state index is 12.8. The Hall–Kier alpha value is -4.38. The van der Waals surface area contributed by atoms with E-state index in [9.17, 15) is 31.2 Å². The quantitative estimate of drug-likeness (QED) is 0.283. The van der Waals surface area contributed by atoms with Crippen molar-refractivity contribution < 1.29 is 41.0 Å². The SMILES string of the molecule is COc1c(Nc2cc(NC(=O)C3CC3)nc3cc[nH]c(=O)c23)cccc1N1CCN(S(=O)(=O)C2CC2)CC1.O=C(O)C(F)(F)F. The van der Waals surface area contributed by atoms with Gasteiger partial charge in [-0.3, -0.25) is 9.59 Å². The number of carboxylic acid groups (broad SMARTS) is 1. The number of carbonyl (C=O) groups excluding carboxylic acids is 1.